The third-order valence-electron chi connectivity index (χ3n) is 3.63. The lowest BCUT2D eigenvalue weighted by Gasteiger charge is -2.11. The number of rotatable bonds is 5. The summed E-state index contributed by atoms with van der Waals surface area (Å²) >= 11 is 0. The van der Waals surface area contributed by atoms with Crippen LogP contribution in [0.3, 0.4) is 0 Å². The number of hydrazone groups is 1. The maximum atomic E-state index is 4.48. The number of halogens is 1. The fourth-order valence-corrected chi connectivity index (χ4v) is 2.32. The summed E-state index contributed by atoms with van der Waals surface area (Å²) in [5.41, 5.74) is 3.44. The monoisotopic (exact) mass is 381 g/mol. The molecule has 0 bridgehead atoms. The Labute approximate surface area is 153 Å². The number of para-hydroxylation sites is 1. The Morgan fingerprint density at radius 3 is 2.08 bits per heavy atom. The summed E-state index contributed by atoms with van der Waals surface area (Å²) in [5.74, 6) is 0. The van der Waals surface area contributed by atoms with Crippen molar-refractivity contribution < 1.29 is 21.5 Å². The summed E-state index contributed by atoms with van der Waals surface area (Å²) in [7, 11) is 1.95. The molecule has 1 heterocycles. The van der Waals surface area contributed by atoms with E-state index in [0.29, 0.717) is 0 Å². The first-order valence-electron chi connectivity index (χ1n) is 7.67. The van der Waals surface area contributed by atoms with E-state index in [9.17, 15) is 0 Å². The number of hydrogen-bond acceptors (Lipinski definition) is 2. The van der Waals surface area contributed by atoms with Crippen molar-refractivity contribution in [2.75, 3.05) is 12.1 Å². The Morgan fingerprint density at radius 2 is 1.46 bits per heavy atom. The molecule has 0 atom stereocenters. The molecule has 3 rings (SSSR count). The second kappa shape index (κ2) is 8.99. The first-order valence-corrected chi connectivity index (χ1v) is 7.67. The van der Waals surface area contributed by atoms with Gasteiger partial charge in [0.05, 0.1) is 11.9 Å². The lowest BCUT2D eigenvalue weighted by molar-refractivity contribution is -0.688. The zero-order chi connectivity index (χ0) is 15.9. The van der Waals surface area contributed by atoms with Crippen molar-refractivity contribution in [3.05, 3.63) is 96.3 Å². The van der Waals surface area contributed by atoms with Crippen LogP contribution in [0.4, 0.5) is 5.69 Å². The highest BCUT2D eigenvalue weighted by Crippen LogP contribution is 2.10. The van der Waals surface area contributed by atoms with Gasteiger partial charge >= 0.3 is 0 Å². The third-order valence-corrected chi connectivity index (χ3v) is 3.63. The van der Waals surface area contributed by atoms with Crippen molar-refractivity contribution in [2.24, 2.45) is 5.10 Å². The summed E-state index contributed by atoms with van der Waals surface area (Å²) in [5, 5.41) is 6.34. The maximum Gasteiger partial charge on any atom is 0.173 e. The fourth-order valence-electron chi connectivity index (χ4n) is 2.32. The standard InChI is InChI=1S/C20H20N3.BrH/c1-22(20-10-6-3-7-11-20)21-16-18-12-14-23(15-13-18)17-19-8-4-2-5-9-19;/h2-16H,17H2,1H3;1H/q+1;/p-1. The minimum atomic E-state index is 0. The Bertz CT molecular complexity index is 756. The van der Waals surface area contributed by atoms with Crippen molar-refractivity contribution in [1.29, 1.82) is 0 Å². The van der Waals surface area contributed by atoms with Gasteiger partial charge in [-0.05, 0) is 12.1 Å². The summed E-state index contributed by atoms with van der Waals surface area (Å²) < 4.78 is 2.16. The third kappa shape index (κ3) is 5.03. The minimum absolute atomic E-state index is 0. The van der Waals surface area contributed by atoms with Crippen molar-refractivity contribution in [3.63, 3.8) is 0 Å². The van der Waals surface area contributed by atoms with Gasteiger partial charge in [-0.3, -0.25) is 5.01 Å². The van der Waals surface area contributed by atoms with Crippen molar-refractivity contribution >= 4 is 11.9 Å². The average Bonchev–Trinajstić information content (AvgIpc) is 2.62. The molecule has 0 unspecified atom stereocenters. The molecule has 0 aliphatic carbocycles. The maximum absolute atomic E-state index is 4.48. The van der Waals surface area contributed by atoms with E-state index in [1.165, 1.54) is 5.56 Å². The first-order chi connectivity index (χ1) is 11.3. The van der Waals surface area contributed by atoms with Gasteiger partial charge in [0.2, 0.25) is 0 Å². The molecule has 3 nitrogen and oxygen atoms in total. The second-order valence-electron chi connectivity index (χ2n) is 5.39. The number of anilines is 1. The first kappa shape index (κ1) is 17.9. The van der Waals surface area contributed by atoms with Gasteiger partial charge in [0.1, 0.15) is 0 Å². The van der Waals surface area contributed by atoms with Gasteiger partial charge in [-0.15, -0.1) is 0 Å². The molecular formula is C20H20BrN3. The van der Waals surface area contributed by atoms with E-state index >= 15 is 0 Å². The molecule has 3 aromatic rings. The van der Waals surface area contributed by atoms with Crippen LogP contribution < -0.4 is 26.6 Å². The SMILES string of the molecule is CN(/N=C/c1cc[n+](Cc2ccccc2)cc1)c1ccccc1.[Br-]. The van der Waals surface area contributed by atoms with Crippen LogP contribution >= 0.6 is 0 Å². The molecule has 0 aliphatic heterocycles. The normalized spacial score (nSPS) is 10.4. The largest absolute Gasteiger partial charge is 1.00 e. The van der Waals surface area contributed by atoms with E-state index in [1.807, 2.05) is 54.7 Å². The molecule has 0 N–H and O–H groups in total. The van der Waals surface area contributed by atoms with E-state index in [4.69, 9.17) is 0 Å². The lowest BCUT2D eigenvalue weighted by atomic mass is 10.2. The Hall–Kier alpha value is -2.46. The van der Waals surface area contributed by atoms with Crippen molar-refractivity contribution in [1.82, 2.24) is 0 Å². The molecule has 24 heavy (non-hydrogen) atoms. The van der Waals surface area contributed by atoms with Crippen LogP contribution in [-0.4, -0.2) is 13.3 Å². The number of aromatic nitrogens is 1. The highest BCUT2D eigenvalue weighted by atomic mass is 79.9. The Balaban J connectivity index is 0.00000208. The number of benzene rings is 2. The molecule has 4 heteroatoms. The molecular weight excluding hydrogens is 362 g/mol. The van der Waals surface area contributed by atoms with E-state index in [2.05, 4.69) is 58.5 Å². The molecule has 0 radical (unpaired) electrons. The zero-order valence-corrected chi connectivity index (χ0v) is 15.2. The van der Waals surface area contributed by atoms with Crippen molar-refractivity contribution in [3.8, 4) is 0 Å². The fraction of sp³-hybridized carbons (Fsp3) is 0.100. The van der Waals surface area contributed by atoms with Gasteiger partial charge < -0.3 is 17.0 Å². The molecule has 0 fully saturated rings. The quantitative estimate of drug-likeness (QED) is 0.357. The predicted octanol–water partition coefficient (Wildman–Crippen LogP) is 0.497. The highest BCUT2D eigenvalue weighted by Gasteiger charge is 2.02. The summed E-state index contributed by atoms with van der Waals surface area (Å²) in [6.07, 6.45) is 6.04. The molecule has 0 saturated heterocycles. The Kier molecular flexibility index (Phi) is 6.70. The summed E-state index contributed by atoms with van der Waals surface area (Å²) in [4.78, 5) is 0. The molecule has 2 aromatic carbocycles. The minimum Gasteiger partial charge on any atom is -1.00 e. The smallest absolute Gasteiger partial charge is 0.173 e. The molecule has 122 valence electrons. The van der Waals surface area contributed by atoms with Crippen LogP contribution in [0.15, 0.2) is 90.3 Å². The van der Waals surface area contributed by atoms with E-state index in [-0.39, 0.29) is 17.0 Å². The molecule has 0 aliphatic rings. The summed E-state index contributed by atoms with van der Waals surface area (Å²) in [6, 6.07) is 24.7. The van der Waals surface area contributed by atoms with Crippen LogP contribution in [0.5, 0.6) is 0 Å². The molecule has 0 spiro atoms. The van der Waals surface area contributed by atoms with Crippen LogP contribution in [0.1, 0.15) is 11.1 Å². The summed E-state index contributed by atoms with van der Waals surface area (Å²) in [6.45, 7) is 0.877. The number of hydrogen-bond donors (Lipinski definition) is 0. The van der Waals surface area contributed by atoms with E-state index < -0.39 is 0 Å². The average molecular weight is 382 g/mol. The number of nitrogens with zero attached hydrogens (tertiary/aromatic N) is 3. The second-order valence-corrected chi connectivity index (χ2v) is 5.39. The van der Waals surface area contributed by atoms with Gasteiger partial charge in [-0.1, -0.05) is 48.5 Å². The van der Waals surface area contributed by atoms with Gasteiger partial charge in [0, 0.05) is 30.3 Å². The van der Waals surface area contributed by atoms with Crippen LogP contribution in [0.25, 0.3) is 0 Å². The van der Waals surface area contributed by atoms with Gasteiger partial charge in [-0.25, -0.2) is 4.57 Å². The topological polar surface area (TPSA) is 19.5 Å². The molecule has 0 amide bonds. The lowest BCUT2D eigenvalue weighted by Crippen LogP contribution is -3.00. The van der Waals surface area contributed by atoms with Crippen LogP contribution in [0.2, 0.25) is 0 Å². The van der Waals surface area contributed by atoms with Crippen LogP contribution in [0, 0.1) is 0 Å². The molecule has 0 saturated carbocycles. The van der Waals surface area contributed by atoms with Gasteiger partial charge in [0.25, 0.3) is 0 Å². The van der Waals surface area contributed by atoms with Crippen molar-refractivity contribution in [2.45, 2.75) is 6.54 Å². The zero-order valence-electron chi connectivity index (χ0n) is 13.6. The predicted molar refractivity (Wildman–Crippen MR) is 94.6 cm³/mol. The van der Waals surface area contributed by atoms with Gasteiger partial charge in [-0.2, -0.15) is 5.10 Å². The molecule has 1 aromatic heterocycles. The van der Waals surface area contributed by atoms with Gasteiger partial charge in [0.15, 0.2) is 18.9 Å². The highest BCUT2D eigenvalue weighted by molar-refractivity contribution is 5.79. The van der Waals surface area contributed by atoms with E-state index in [0.717, 1.165) is 17.8 Å². The van der Waals surface area contributed by atoms with Crippen LogP contribution in [-0.2, 0) is 6.54 Å². The van der Waals surface area contributed by atoms with E-state index in [1.54, 1.807) is 0 Å². The number of pyridine rings is 1. The Morgan fingerprint density at radius 1 is 0.875 bits per heavy atom.